The van der Waals surface area contributed by atoms with Gasteiger partial charge in [-0.25, -0.2) is 4.68 Å². The number of rotatable bonds is 6. The summed E-state index contributed by atoms with van der Waals surface area (Å²) >= 11 is 0. The largest absolute Gasteiger partial charge is 0.346 e. The lowest BCUT2D eigenvalue weighted by Gasteiger charge is -2.10. The first kappa shape index (κ1) is 18.5. The highest BCUT2D eigenvalue weighted by atomic mass is 16.2. The van der Waals surface area contributed by atoms with Crippen molar-refractivity contribution in [3.05, 3.63) is 90.1 Å². The van der Waals surface area contributed by atoms with Crippen molar-refractivity contribution in [2.45, 2.75) is 19.9 Å². The zero-order valence-corrected chi connectivity index (χ0v) is 16.0. The SMILES string of the molecule is CCc1cccc(-n2nnc(C(=O)NCc3ccncc3)c2-c2ccncc2)c1. The van der Waals surface area contributed by atoms with E-state index < -0.39 is 0 Å². The number of hydrogen-bond donors (Lipinski definition) is 1. The van der Waals surface area contributed by atoms with Crippen molar-refractivity contribution >= 4 is 5.91 Å². The molecule has 7 heteroatoms. The molecule has 0 saturated heterocycles. The molecule has 4 rings (SSSR count). The monoisotopic (exact) mass is 384 g/mol. The Hall–Kier alpha value is -3.87. The number of aromatic nitrogens is 5. The zero-order valence-electron chi connectivity index (χ0n) is 16.0. The van der Waals surface area contributed by atoms with Gasteiger partial charge in [-0.3, -0.25) is 14.8 Å². The predicted molar refractivity (Wildman–Crippen MR) is 109 cm³/mol. The fourth-order valence-corrected chi connectivity index (χ4v) is 3.06. The number of aryl methyl sites for hydroxylation is 1. The van der Waals surface area contributed by atoms with Crippen LogP contribution >= 0.6 is 0 Å². The van der Waals surface area contributed by atoms with Gasteiger partial charge in [0.2, 0.25) is 0 Å². The Labute approximate surface area is 168 Å². The third-order valence-electron chi connectivity index (χ3n) is 4.60. The van der Waals surface area contributed by atoms with E-state index in [1.165, 1.54) is 5.56 Å². The molecule has 1 N–H and O–H groups in total. The Morgan fingerprint density at radius 3 is 2.41 bits per heavy atom. The van der Waals surface area contributed by atoms with E-state index in [4.69, 9.17) is 0 Å². The third-order valence-corrected chi connectivity index (χ3v) is 4.60. The highest BCUT2D eigenvalue weighted by molar-refractivity contribution is 5.98. The Kier molecular flexibility index (Phi) is 5.38. The van der Waals surface area contributed by atoms with Gasteiger partial charge in [-0.15, -0.1) is 5.10 Å². The Morgan fingerprint density at radius 2 is 1.69 bits per heavy atom. The summed E-state index contributed by atoms with van der Waals surface area (Å²) in [6.45, 7) is 2.48. The normalized spacial score (nSPS) is 10.7. The summed E-state index contributed by atoms with van der Waals surface area (Å²) in [5, 5.41) is 11.4. The fraction of sp³-hybridized carbons (Fsp3) is 0.136. The van der Waals surface area contributed by atoms with E-state index in [9.17, 15) is 4.79 Å². The van der Waals surface area contributed by atoms with Crippen molar-refractivity contribution in [3.8, 4) is 16.9 Å². The summed E-state index contributed by atoms with van der Waals surface area (Å²) in [4.78, 5) is 21.0. The number of pyridine rings is 2. The molecule has 0 atom stereocenters. The van der Waals surface area contributed by atoms with E-state index in [-0.39, 0.29) is 11.6 Å². The molecule has 0 aliphatic heterocycles. The molecule has 1 amide bonds. The van der Waals surface area contributed by atoms with Crippen LogP contribution in [0.25, 0.3) is 16.9 Å². The first-order valence-corrected chi connectivity index (χ1v) is 9.38. The lowest BCUT2D eigenvalue weighted by atomic mass is 10.1. The van der Waals surface area contributed by atoms with E-state index in [1.54, 1.807) is 29.5 Å². The summed E-state index contributed by atoms with van der Waals surface area (Å²) in [5.41, 5.74) is 4.72. The number of hydrogen-bond acceptors (Lipinski definition) is 5. The van der Waals surface area contributed by atoms with Crippen LogP contribution in [0.3, 0.4) is 0 Å². The molecule has 3 aromatic heterocycles. The number of carbonyl (C=O) groups is 1. The van der Waals surface area contributed by atoms with Crippen molar-refractivity contribution in [2.75, 3.05) is 0 Å². The van der Waals surface area contributed by atoms with Crippen LogP contribution in [0.15, 0.2) is 73.3 Å². The fourth-order valence-electron chi connectivity index (χ4n) is 3.06. The quantitative estimate of drug-likeness (QED) is 0.552. The van der Waals surface area contributed by atoms with Crippen molar-refractivity contribution in [1.29, 1.82) is 0 Å². The third kappa shape index (κ3) is 4.03. The molecular weight excluding hydrogens is 364 g/mol. The summed E-state index contributed by atoms with van der Waals surface area (Å²) in [6, 6.07) is 15.5. The summed E-state index contributed by atoms with van der Waals surface area (Å²) in [7, 11) is 0. The van der Waals surface area contributed by atoms with Gasteiger partial charge in [0.05, 0.1) is 5.69 Å². The summed E-state index contributed by atoms with van der Waals surface area (Å²) < 4.78 is 1.70. The van der Waals surface area contributed by atoms with E-state index in [0.717, 1.165) is 23.2 Å². The van der Waals surface area contributed by atoms with Gasteiger partial charge in [0, 0.05) is 36.9 Å². The van der Waals surface area contributed by atoms with E-state index in [0.29, 0.717) is 12.2 Å². The molecule has 0 unspecified atom stereocenters. The van der Waals surface area contributed by atoms with Crippen LogP contribution < -0.4 is 5.32 Å². The zero-order chi connectivity index (χ0) is 20.1. The molecule has 144 valence electrons. The molecule has 0 fully saturated rings. The second-order valence-corrected chi connectivity index (χ2v) is 6.50. The van der Waals surface area contributed by atoms with Crippen LogP contribution in [-0.2, 0) is 13.0 Å². The minimum absolute atomic E-state index is 0.271. The van der Waals surface area contributed by atoms with Crippen molar-refractivity contribution in [3.63, 3.8) is 0 Å². The van der Waals surface area contributed by atoms with Crippen molar-refractivity contribution < 1.29 is 4.79 Å². The predicted octanol–water partition coefficient (Wildman–Crippen LogP) is 3.22. The van der Waals surface area contributed by atoms with Crippen molar-refractivity contribution in [2.24, 2.45) is 0 Å². The second kappa shape index (κ2) is 8.43. The number of benzene rings is 1. The van der Waals surface area contributed by atoms with E-state index >= 15 is 0 Å². The van der Waals surface area contributed by atoms with Crippen molar-refractivity contribution in [1.82, 2.24) is 30.3 Å². The van der Waals surface area contributed by atoms with Crippen LogP contribution in [0.1, 0.15) is 28.5 Å². The molecule has 0 radical (unpaired) electrons. The smallest absolute Gasteiger partial charge is 0.274 e. The Balaban J connectivity index is 1.72. The van der Waals surface area contributed by atoms with Crippen LogP contribution in [-0.4, -0.2) is 30.9 Å². The molecule has 0 saturated carbocycles. The summed E-state index contributed by atoms with van der Waals surface area (Å²) in [6.07, 6.45) is 7.68. The lowest BCUT2D eigenvalue weighted by molar-refractivity contribution is 0.0946. The highest BCUT2D eigenvalue weighted by Crippen LogP contribution is 2.25. The molecule has 0 aliphatic carbocycles. The van der Waals surface area contributed by atoms with E-state index in [2.05, 4.69) is 44.7 Å². The standard InChI is InChI=1S/C22H20N6O/c1-2-16-4-3-5-19(14-16)28-21(18-8-12-24-13-9-18)20(26-27-28)22(29)25-15-17-6-10-23-11-7-17/h3-14H,2,15H2,1H3,(H,25,29). The van der Waals surface area contributed by atoms with Gasteiger partial charge in [0.25, 0.3) is 5.91 Å². The molecule has 7 nitrogen and oxygen atoms in total. The number of nitrogens with one attached hydrogen (secondary N) is 1. The van der Waals surface area contributed by atoms with Gasteiger partial charge < -0.3 is 5.32 Å². The Morgan fingerprint density at radius 1 is 0.966 bits per heavy atom. The van der Waals surface area contributed by atoms with Gasteiger partial charge in [0.1, 0.15) is 5.69 Å². The lowest BCUT2D eigenvalue weighted by Crippen LogP contribution is -2.24. The summed E-state index contributed by atoms with van der Waals surface area (Å²) in [5.74, 6) is -0.286. The number of nitrogens with zero attached hydrogens (tertiary/aromatic N) is 5. The van der Waals surface area contributed by atoms with Crippen LogP contribution in [0.5, 0.6) is 0 Å². The van der Waals surface area contributed by atoms with Crippen LogP contribution in [0, 0.1) is 0 Å². The highest BCUT2D eigenvalue weighted by Gasteiger charge is 2.22. The molecule has 3 heterocycles. The average Bonchev–Trinajstić information content (AvgIpc) is 3.24. The molecule has 0 spiro atoms. The number of carbonyl (C=O) groups excluding carboxylic acids is 1. The second-order valence-electron chi connectivity index (χ2n) is 6.50. The van der Waals surface area contributed by atoms with Gasteiger partial charge in [-0.1, -0.05) is 24.3 Å². The minimum Gasteiger partial charge on any atom is -0.346 e. The first-order valence-electron chi connectivity index (χ1n) is 9.38. The molecule has 4 aromatic rings. The molecular formula is C22H20N6O. The maximum Gasteiger partial charge on any atom is 0.274 e. The van der Waals surface area contributed by atoms with Gasteiger partial charge >= 0.3 is 0 Å². The van der Waals surface area contributed by atoms with Gasteiger partial charge in [-0.05, 0) is 53.9 Å². The van der Waals surface area contributed by atoms with Gasteiger partial charge in [0.15, 0.2) is 5.69 Å². The molecule has 0 bridgehead atoms. The maximum absolute atomic E-state index is 12.9. The van der Waals surface area contributed by atoms with Gasteiger partial charge in [-0.2, -0.15) is 0 Å². The minimum atomic E-state index is -0.286. The Bertz CT molecular complexity index is 1110. The molecule has 1 aromatic carbocycles. The molecule has 29 heavy (non-hydrogen) atoms. The molecule has 0 aliphatic rings. The maximum atomic E-state index is 12.9. The van der Waals surface area contributed by atoms with Crippen LogP contribution in [0.2, 0.25) is 0 Å². The first-order chi connectivity index (χ1) is 14.3. The van der Waals surface area contributed by atoms with E-state index in [1.807, 2.05) is 36.4 Å². The number of amides is 1. The average molecular weight is 384 g/mol. The topological polar surface area (TPSA) is 85.6 Å². The van der Waals surface area contributed by atoms with Crippen LogP contribution in [0.4, 0.5) is 0 Å².